The van der Waals surface area contributed by atoms with Crippen molar-refractivity contribution in [3.05, 3.63) is 11.1 Å². The summed E-state index contributed by atoms with van der Waals surface area (Å²) in [6.07, 6.45) is 7.05. The van der Waals surface area contributed by atoms with Crippen LogP contribution in [0.3, 0.4) is 0 Å². The van der Waals surface area contributed by atoms with Gasteiger partial charge in [0.05, 0.1) is 6.10 Å². The first kappa shape index (κ1) is 16.5. The van der Waals surface area contributed by atoms with Crippen LogP contribution in [0.25, 0.3) is 0 Å². The molecule has 0 aromatic heterocycles. The van der Waals surface area contributed by atoms with Gasteiger partial charge in [0, 0.05) is 17.9 Å². The predicted molar refractivity (Wildman–Crippen MR) is 92.3 cm³/mol. The molecule has 6 atom stereocenters. The quantitative estimate of drug-likeness (QED) is 0.795. The lowest BCUT2D eigenvalue weighted by molar-refractivity contribution is -0.128. The van der Waals surface area contributed by atoms with E-state index in [2.05, 4.69) is 13.8 Å². The Hall–Kier alpha value is -0.960. The number of hydrogen-bond donors (Lipinski definition) is 1. The van der Waals surface area contributed by atoms with E-state index < -0.39 is 0 Å². The van der Waals surface area contributed by atoms with E-state index in [0.29, 0.717) is 24.0 Å². The summed E-state index contributed by atoms with van der Waals surface area (Å²) in [5, 5.41) is 10.1. The van der Waals surface area contributed by atoms with E-state index in [1.165, 1.54) is 5.57 Å². The summed E-state index contributed by atoms with van der Waals surface area (Å²) in [6.45, 7) is 6.17. The molecule has 0 heterocycles. The van der Waals surface area contributed by atoms with E-state index in [0.717, 1.165) is 50.5 Å². The molecule has 0 aromatic rings. The summed E-state index contributed by atoms with van der Waals surface area (Å²) >= 11 is 0. The molecule has 3 heteroatoms. The lowest BCUT2D eigenvalue weighted by Gasteiger charge is -2.53. The fraction of sp³-hybridized carbons (Fsp3) is 0.810. The molecule has 132 valence electrons. The molecule has 4 aliphatic rings. The van der Waals surface area contributed by atoms with Crippen molar-refractivity contribution in [1.82, 2.24) is 0 Å². The third-order valence-electron chi connectivity index (χ3n) is 8.18. The SMILES string of the molecule is CC(=O)[C@H]1CC[C@H]2C3=C(C(=O)C[C@]12C)[C@@]1(C)CC[C@@H](O)C[C@@H]1CC3. The molecule has 4 aliphatic carbocycles. The Kier molecular flexibility index (Phi) is 3.62. The zero-order valence-corrected chi connectivity index (χ0v) is 15.2. The van der Waals surface area contributed by atoms with Gasteiger partial charge in [-0.25, -0.2) is 0 Å². The van der Waals surface area contributed by atoms with Gasteiger partial charge in [0.2, 0.25) is 0 Å². The van der Waals surface area contributed by atoms with Gasteiger partial charge in [0.15, 0.2) is 5.78 Å². The molecule has 0 radical (unpaired) electrons. The van der Waals surface area contributed by atoms with Crippen LogP contribution in [0.15, 0.2) is 11.1 Å². The lowest BCUT2D eigenvalue weighted by atomic mass is 9.50. The molecule has 2 saturated carbocycles. The fourth-order valence-electron chi connectivity index (χ4n) is 6.97. The minimum absolute atomic E-state index is 0.0421. The maximum absolute atomic E-state index is 13.3. The van der Waals surface area contributed by atoms with Gasteiger partial charge in [-0.2, -0.15) is 0 Å². The second-order valence-electron chi connectivity index (χ2n) is 9.38. The van der Waals surface area contributed by atoms with E-state index in [-0.39, 0.29) is 28.6 Å². The van der Waals surface area contributed by atoms with E-state index in [9.17, 15) is 14.7 Å². The Morgan fingerprint density at radius 1 is 1.17 bits per heavy atom. The van der Waals surface area contributed by atoms with Crippen LogP contribution in [0.4, 0.5) is 0 Å². The number of aliphatic hydroxyl groups excluding tert-OH is 1. The van der Waals surface area contributed by atoms with Crippen LogP contribution in [0.2, 0.25) is 0 Å². The number of Topliss-reactive ketones (excluding diaryl/α,β-unsaturated/α-hetero) is 2. The second kappa shape index (κ2) is 5.27. The summed E-state index contributed by atoms with van der Waals surface area (Å²) < 4.78 is 0. The highest BCUT2D eigenvalue weighted by Gasteiger charge is 2.58. The van der Waals surface area contributed by atoms with Crippen molar-refractivity contribution in [2.24, 2.45) is 28.6 Å². The molecule has 0 amide bonds. The standard InChI is InChI=1S/C21H30O3/c1-12(22)16-6-7-17-15-5-4-13-10-14(23)8-9-20(13,2)19(15)18(24)11-21(16,17)3/h13-14,16-17,23H,4-11H2,1-3H3/t13-,14+,16+,17-,20-,21+/m0/s1. The number of carbonyl (C=O) groups is 2. The average molecular weight is 330 g/mol. The first-order chi connectivity index (χ1) is 11.3. The molecular weight excluding hydrogens is 300 g/mol. The Balaban J connectivity index is 1.78. The molecule has 0 unspecified atom stereocenters. The molecule has 1 N–H and O–H groups in total. The van der Waals surface area contributed by atoms with Crippen LogP contribution in [0.1, 0.15) is 72.1 Å². The Morgan fingerprint density at radius 2 is 1.92 bits per heavy atom. The number of carbonyl (C=O) groups excluding carboxylic acids is 2. The zero-order valence-electron chi connectivity index (χ0n) is 15.2. The molecule has 4 rings (SSSR count). The van der Waals surface area contributed by atoms with E-state index >= 15 is 0 Å². The number of fused-ring (bicyclic) bond motifs is 4. The Morgan fingerprint density at radius 3 is 2.62 bits per heavy atom. The molecule has 0 aliphatic heterocycles. The lowest BCUT2D eigenvalue weighted by Crippen LogP contribution is -2.49. The number of ketones is 2. The number of allylic oxidation sites excluding steroid dienone is 2. The van der Waals surface area contributed by atoms with Crippen LogP contribution < -0.4 is 0 Å². The molecule has 24 heavy (non-hydrogen) atoms. The van der Waals surface area contributed by atoms with Gasteiger partial charge >= 0.3 is 0 Å². The van der Waals surface area contributed by atoms with Crippen molar-refractivity contribution >= 4 is 11.6 Å². The van der Waals surface area contributed by atoms with Gasteiger partial charge in [0.1, 0.15) is 5.78 Å². The van der Waals surface area contributed by atoms with Crippen LogP contribution in [0.5, 0.6) is 0 Å². The first-order valence-corrected chi connectivity index (χ1v) is 9.72. The number of hydrogen-bond acceptors (Lipinski definition) is 3. The van der Waals surface area contributed by atoms with Gasteiger partial charge in [-0.15, -0.1) is 0 Å². The van der Waals surface area contributed by atoms with Gasteiger partial charge in [-0.1, -0.05) is 19.4 Å². The Labute approximate surface area is 144 Å². The van der Waals surface area contributed by atoms with Crippen LogP contribution in [-0.2, 0) is 9.59 Å². The molecular formula is C21H30O3. The van der Waals surface area contributed by atoms with Crippen molar-refractivity contribution < 1.29 is 14.7 Å². The highest BCUT2D eigenvalue weighted by molar-refractivity contribution is 6.00. The number of aliphatic hydroxyl groups is 1. The van der Waals surface area contributed by atoms with Crippen molar-refractivity contribution in [3.63, 3.8) is 0 Å². The monoisotopic (exact) mass is 330 g/mol. The molecule has 0 saturated heterocycles. The molecule has 0 spiro atoms. The second-order valence-corrected chi connectivity index (χ2v) is 9.38. The van der Waals surface area contributed by atoms with Crippen LogP contribution >= 0.6 is 0 Å². The maximum Gasteiger partial charge on any atom is 0.159 e. The van der Waals surface area contributed by atoms with Crippen molar-refractivity contribution in [3.8, 4) is 0 Å². The smallest absolute Gasteiger partial charge is 0.159 e. The first-order valence-electron chi connectivity index (χ1n) is 9.72. The third-order valence-corrected chi connectivity index (χ3v) is 8.18. The van der Waals surface area contributed by atoms with Crippen LogP contribution in [0, 0.1) is 28.6 Å². The van der Waals surface area contributed by atoms with E-state index in [1.54, 1.807) is 6.92 Å². The molecule has 2 fully saturated rings. The number of rotatable bonds is 1. The molecule has 0 aromatic carbocycles. The van der Waals surface area contributed by atoms with Crippen molar-refractivity contribution in [2.75, 3.05) is 0 Å². The molecule has 0 bridgehead atoms. The van der Waals surface area contributed by atoms with E-state index in [1.807, 2.05) is 0 Å². The maximum atomic E-state index is 13.3. The zero-order chi connectivity index (χ0) is 17.3. The topological polar surface area (TPSA) is 54.4 Å². The fourth-order valence-corrected chi connectivity index (χ4v) is 6.97. The summed E-state index contributed by atoms with van der Waals surface area (Å²) in [6, 6.07) is 0. The highest BCUT2D eigenvalue weighted by Crippen LogP contribution is 2.63. The minimum atomic E-state index is -0.192. The normalized spacial score (nSPS) is 47.9. The highest BCUT2D eigenvalue weighted by atomic mass is 16.3. The minimum Gasteiger partial charge on any atom is -0.393 e. The average Bonchev–Trinajstić information content (AvgIpc) is 2.84. The van der Waals surface area contributed by atoms with E-state index in [4.69, 9.17) is 0 Å². The summed E-state index contributed by atoms with van der Waals surface area (Å²) in [5.74, 6) is 1.49. The van der Waals surface area contributed by atoms with Crippen molar-refractivity contribution in [1.29, 1.82) is 0 Å². The van der Waals surface area contributed by atoms with Gasteiger partial charge < -0.3 is 5.11 Å². The van der Waals surface area contributed by atoms with Crippen LogP contribution in [-0.4, -0.2) is 22.8 Å². The molecule has 3 nitrogen and oxygen atoms in total. The van der Waals surface area contributed by atoms with Crippen molar-refractivity contribution in [2.45, 2.75) is 78.2 Å². The summed E-state index contributed by atoms with van der Waals surface area (Å²) in [4.78, 5) is 25.4. The summed E-state index contributed by atoms with van der Waals surface area (Å²) in [5.41, 5.74) is 2.32. The van der Waals surface area contributed by atoms with Gasteiger partial charge in [-0.05, 0) is 74.5 Å². The van der Waals surface area contributed by atoms with Gasteiger partial charge in [0.25, 0.3) is 0 Å². The third kappa shape index (κ3) is 2.06. The largest absolute Gasteiger partial charge is 0.393 e. The Bertz CT molecular complexity index is 633. The van der Waals surface area contributed by atoms with Gasteiger partial charge in [-0.3, -0.25) is 9.59 Å². The summed E-state index contributed by atoms with van der Waals surface area (Å²) in [7, 11) is 0. The predicted octanol–water partition coefficient (Wildman–Crippen LogP) is 3.84.